The number of thiazole rings is 1. The molecule has 1 unspecified atom stereocenters. The summed E-state index contributed by atoms with van der Waals surface area (Å²) in [5, 5.41) is -0.830. The predicted octanol–water partition coefficient (Wildman–Crippen LogP) is 2.82. The summed E-state index contributed by atoms with van der Waals surface area (Å²) < 4.78 is 36.5. The molecule has 1 rings (SSSR count). The van der Waals surface area contributed by atoms with Gasteiger partial charge in [-0.1, -0.05) is 13.8 Å². The number of aromatic nitrogens is 1. The fourth-order valence-corrected chi connectivity index (χ4v) is 1.86. The number of alkyl halides is 3. The second-order valence-electron chi connectivity index (χ2n) is 3.34. The van der Waals surface area contributed by atoms with Crippen LogP contribution in [0.3, 0.4) is 0 Å². The molecule has 0 aliphatic carbocycles. The summed E-state index contributed by atoms with van der Waals surface area (Å²) >= 11 is 0.615. The molecule has 2 N–H and O–H groups in total. The molecular weight excluding hydrogens is 213 g/mol. The lowest BCUT2D eigenvalue weighted by Gasteiger charge is -2.12. The van der Waals surface area contributed by atoms with Crippen LogP contribution in [0.4, 0.5) is 13.2 Å². The van der Waals surface area contributed by atoms with E-state index < -0.39 is 11.2 Å². The zero-order valence-corrected chi connectivity index (χ0v) is 8.62. The molecular formula is C8H11F3N2S. The molecule has 0 aliphatic heterocycles. The fraction of sp³-hybridized carbons (Fsp3) is 0.625. The Balaban J connectivity index is 2.89. The summed E-state index contributed by atoms with van der Waals surface area (Å²) in [5.74, 6) is 0.108. The van der Waals surface area contributed by atoms with Gasteiger partial charge >= 0.3 is 6.18 Å². The van der Waals surface area contributed by atoms with E-state index in [0.29, 0.717) is 16.2 Å². The minimum absolute atomic E-state index is 0.108. The highest BCUT2D eigenvalue weighted by Gasteiger charge is 2.35. The van der Waals surface area contributed by atoms with Crippen molar-refractivity contribution in [3.8, 4) is 0 Å². The van der Waals surface area contributed by atoms with Gasteiger partial charge in [0.2, 0.25) is 0 Å². The maximum Gasteiger partial charge on any atom is 0.443 e. The van der Waals surface area contributed by atoms with Crippen LogP contribution in [0.2, 0.25) is 0 Å². The smallest absolute Gasteiger partial charge is 0.323 e. The van der Waals surface area contributed by atoms with Gasteiger partial charge in [-0.15, -0.1) is 11.3 Å². The van der Waals surface area contributed by atoms with Crippen molar-refractivity contribution in [2.75, 3.05) is 0 Å². The van der Waals surface area contributed by atoms with Crippen molar-refractivity contribution in [1.82, 2.24) is 4.98 Å². The zero-order valence-electron chi connectivity index (χ0n) is 7.80. The van der Waals surface area contributed by atoms with Crippen molar-refractivity contribution in [3.05, 3.63) is 16.1 Å². The second kappa shape index (κ2) is 3.86. The van der Waals surface area contributed by atoms with Crippen molar-refractivity contribution in [2.45, 2.75) is 26.1 Å². The molecule has 1 atom stereocenters. The molecule has 1 aromatic heterocycles. The first kappa shape index (κ1) is 11.5. The SMILES string of the molecule is CC(C)C(N)c1cnc(C(F)(F)F)s1. The molecule has 80 valence electrons. The Hall–Kier alpha value is -0.620. The summed E-state index contributed by atoms with van der Waals surface area (Å²) in [4.78, 5) is 3.78. The van der Waals surface area contributed by atoms with Gasteiger partial charge in [0.05, 0.1) is 0 Å². The number of rotatable bonds is 2. The first-order valence-corrected chi connectivity index (χ1v) is 4.92. The maximum absolute atomic E-state index is 12.2. The van der Waals surface area contributed by atoms with E-state index in [9.17, 15) is 13.2 Å². The molecule has 1 heterocycles. The third-order valence-electron chi connectivity index (χ3n) is 1.81. The average molecular weight is 224 g/mol. The minimum Gasteiger partial charge on any atom is -0.323 e. The molecule has 0 radical (unpaired) electrons. The Morgan fingerprint density at radius 1 is 1.43 bits per heavy atom. The summed E-state index contributed by atoms with van der Waals surface area (Å²) in [5.41, 5.74) is 5.70. The van der Waals surface area contributed by atoms with Crippen LogP contribution in [-0.2, 0) is 6.18 Å². The topological polar surface area (TPSA) is 38.9 Å². The van der Waals surface area contributed by atoms with Crippen molar-refractivity contribution >= 4 is 11.3 Å². The standard InChI is InChI=1S/C8H11F3N2S/c1-4(2)6(12)5-3-13-7(14-5)8(9,10)11/h3-4,6H,12H2,1-2H3. The van der Waals surface area contributed by atoms with E-state index in [0.717, 1.165) is 0 Å². The third-order valence-corrected chi connectivity index (χ3v) is 2.96. The highest BCUT2D eigenvalue weighted by atomic mass is 32.1. The Kier molecular flexibility index (Phi) is 3.16. The van der Waals surface area contributed by atoms with Crippen LogP contribution < -0.4 is 5.73 Å². The van der Waals surface area contributed by atoms with Crippen LogP contribution in [0, 0.1) is 5.92 Å². The van der Waals surface area contributed by atoms with Gasteiger partial charge in [-0.05, 0) is 5.92 Å². The van der Waals surface area contributed by atoms with E-state index >= 15 is 0 Å². The molecule has 0 fully saturated rings. The van der Waals surface area contributed by atoms with E-state index in [1.807, 2.05) is 13.8 Å². The molecule has 1 aromatic rings. The maximum atomic E-state index is 12.2. The van der Waals surface area contributed by atoms with E-state index in [4.69, 9.17) is 5.73 Å². The molecule has 14 heavy (non-hydrogen) atoms. The summed E-state index contributed by atoms with van der Waals surface area (Å²) in [6, 6.07) is -0.372. The highest BCUT2D eigenvalue weighted by molar-refractivity contribution is 7.11. The normalized spacial score (nSPS) is 14.8. The number of nitrogens with zero attached hydrogens (tertiary/aromatic N) is 1. The molecule has 0 saturated heterocycles. The molecule has 0 aromatic carbocycles. The molecule has 0 spiro atoms. The largest absolute Gasteiger partial charge is 0.443 e. The Labute approximate surface area is 84.0 Å². The summed E-state index contributed by atoms with van der Waals surface area (Å²) in [6.45, 7) is 3.72. The molecule has 0 saturated carbocycles. The predicted molar refractivity (Wildman–Crippen MR) is 48.9 cm³/mol. The van der Waals surface area contributed by atoms with Crippen molar-refractivity contribution in [1.29, 1.82) is 0 Å². The minimum atomic E-state index is -4.36. The van der Waals surface area contributed by atoms with Crippen LogP contribution in [0.1, 0.15) is 29.8 Å². The summed E-state index contributed by atoms with van der Waals surface area (Å²) in [7, 11) is 0. The molecule has 2 nitrogen and oxygen atoms in total. The average Bonchev–Trinajstić information content (AvgIpc) is 2.49. The van der Waals surface area contributed by atoms with Crippen molar-refractivity contribution in [2.24, 2.45) is 11.7 Å². The first-order chi connectivity index (χ1) is 6.32. The van der Waals surface area contributed by atoms with Gasteiger partial charge in [0.25, 0.3) is 0 Å². The van der Waals surface area contributed by atoms with E-state index in [-0.39, 0.29) is 12.0 Å². The van der Waals surface area contributed by atoms with Gasteiger partial charge in [0.1, 0.15) is 0 Å². The number of halogens is 3. The van der Waals surface area contributed by atoms with Gasteiger partial charge < -0.3 is 5.73 Å². The fourth-order valence-electron chi connectivity index (χ4n) is 0.900. The molecule has 0 amide bonds. The Morgan fingerprint density at radius 2 is 2.00 bits per heavy atom. The second-order valence-corrected chi connectivity index (χ2v) is 4.40. The zero-order chi connectivity index (χ0) is 10.9. The first-order valence-electron chi connectivity index (χ1n) is 4.11. The van der Waals surface area contributed by atoms with Gasteiger partial charge in [0, 0.05) is 17.1 Å². The monoisotopic (exact) mass is 224 g/mol. The quantitative estimate of drug-likeness (QED) is 0.838. The van der Waals surface area contributed by atoms with E-state index in [1.165, 1.54) is 6.20 Å². The molecule has 0 aliphatic rings. The van der Waals surface area contributed by atoms with Crippen molar-refractivity contribution in [3.63, 3.8) is 0 Å². The van der Waals surface area contributed by atoms with Crippen LogP contribution in [-0.4, -0.2) is 4.98 Å². The number of nitrogens with two attached hydrogens (primary N) is 1. The van der Waals surface area contributed by atoms with E-state index in [1.54, 1.807) is 0 Å². The molecule has 0 bridgehead atoms. The van der Waals surface area contributed by atoms with Gasteiger partial charge in [-0.3, -0.25) is 0 Å². The van der Waals surface area contributed by atoms with Gasteiger partial charge in [0.15, 0.2) is 5.01 Å². The Bertz CT molecular complexity index is 306. The van der Waals surface area contributed by atoms with Crippen LogP contribution in [0.25, 0.3) is 0 Å². The molecule has 6 heteroatoms. The van der Waals surface area contributed by atoms with Crippen LogP contribution in [0.15, 0.2) is 6.20 Å². The highest BCUT2D eigenvalue weighted by Crippen LogP contribution is 2.35. The van der Waals surface area contributed by atoms with Crippen LogP contribution in [0.5, 0.6) is 0 Å². The number of hydrogen-bond acceptors (Lipinski definition) is 3. The Morgan fingerprint density at radius 3 is 2.36 bits per heavy atom. The lowest BCUT2D eigenvalue weighted by molar-refractivity contribution is -0.137. The lowest BCUT2D eigenvalue weighted by Crippen LogP contribution is -2.15. The van der Waals surface area contributed by atoms with Gasteiger partial charge in [-0.2, -0.15) is 13.2 Å². The van der Waals surface area contributed by atoms with Gasteiger partial charge in [-0.25, -0.2) is 4.98 Å². The van der Waals surface area contributed by atoms with Crippen LogP contribution >= 0.6 is 11.3 Å². The van der Waals surface area contributed by atoms with E-state index in [2.05, 4.69) is 4.98 Å². The third kappa shape index (κ3) is 2.45. The van der Waals surface area contributed by atoms with Crippen molar-refractivity contribution < 1.29 is 13.2 Å². The number of hydrogen-bond donors (Lipinski definition) is 1. The summed E-state index contributed by atoms with van der Waals surface area (Å²) in [6.07, 6.45) is -3.15. The lowest BCUT2D eigenvalue weighted by atomic mass is 10.1.